The molecule has 9 unspecified atom stereocenters. The Morgan fingerprint density at radius 3 is 2.84 bits per heavy atom. The number of hydrogen-bond donors (Lipinski definition) is 0. The molecule has 3 saturated carbocycles. The Kier molecular flexibility index (Phi) is 5.00. The van der Waals surface area contributed by atoms with Gasteiger partial charge in [-0.25, -0.2) is 0 Å². The average molecular weight is 339 g/mol. The van der Waals surface area contributed by atoms with Crippen molar-refractivity contribution in [3.05, 3.63) is 36.5 Å². The molecule has 138 valence electrons. The Hall–Kier alpha value is -0.780. The fraction of sp³-hybridized carbons (Fsp3) is 0.760. The molecule has 0 aromatic heterocycles. The first kappa shape index (κ1) is 17.6. The first-order valence-electron chi connectivity index (χ1n) is 11.1. The molecule has 0 heterocycles. The molecule has 0 aromatic rings. The molecule has 0 heteroatoms. The predicted molar refractivity (Wildman–Crippen MR) is 108 cm³/mol. The molecule has 0 aliphatic heterocycles. The summed E-state index contributed by atoms with van der Waals surface area (Å²) in [5.41, 5.74) is 1.85. The third-order valence-corrected chi connectivity index (χ3v) is 8.57. The van der Waals surface area contributed by atoms with Gasteiger partial charge in [-0.1, -0.05) is 69.9 Å². The van der Waals surface area contributed by atoms with Gasteiger partial charge >= 0.3 is 0 Å². The molecule has 4 aliphatic rings. The lowest BCUT2D eigenvalue weighted by atomic mass is 9.70. The van der Waals surface area contributed by atoms with Crippen molar-refractivity contribution in [2.45, 2.75) is 65.7 Å². The normalized spacial score (nSPS) is 47.6. The summed E-state index contributed by atoms with van der Waals surface area (Å²) in [6.45, 7) is 11.6. The molecule has 4 rings (SSSR count). The van der Waals surface area contributed by atoms with Crippen LogP contribution in [0.2, 0.25) is 0 Å². The van der Waals surface area contributed by atoms with Gasteiger partial charge in [0.1, 0.15) is 0 Å². The van der Waals surface area contributed by atoms with Gasteiger partial charge in [0.05, 0.1) is 0 Å². The Morgan fingerprint density at radius 2 is 2.12 bits per heavy atom. The van der Waals surface area contributed by atoms with Gasteiger partial charge in [-0.3, -0.25) is 0 Å². The minimum atomic E-state index is 0.750. The van der Waals surface area contributed by atoms with Gasteiger partial charge in [-0.15, -0.1) is 6.58 Å². The molecule has 0 N–H and O–H groups in total. The van der Waals surface area contributed by atoms with Crippen molar-refractivity contribution in [3.8, 4) is 0 Å². The molecular weight excluding hydrogens is 300 g/mol. The van der Waals surface area contributed by atoms with Crippen LogP contribution < -0.4 is 0 Å². The molecule has 0 nitrogen and oxygen atoms in total. The zero-order chi connectivity index (χ0) is 17.6. The fourth-order valence-corrected chi connectivity index (χ4v) is 7.44. The van der Waals surface area contributed by atoms with Crippen LogP contribution in [-0.2, 0) is 0 Å². The van der Waals surface area contributed by atoms with E-state index in [-0.39, 0.29) is 0 Å². The van der Waals surface area contributed by atoms with Crippen LogP contribution >= 0.6 is 0 Å². The number of fused-ring (bicyclic) bond motifs is 3. The highest BCUT2D eigenvalue weighted by Gasteiger charge is 2.50. The molecule has 0 radical (unpaired) electrons. The lowest BCUT2D eigenvalue weighted by Gasteiger charge is -2.35. The number of unbranched alkanes of at least 4 members (excludes halogenated alkanes) is 1. The van der Waals surface area contributed by atoms with E-state index in [9.17, 15) is 0 Å². The third-order valence-electron chi connectivity index (χ3n) is 8.57. The highest BCUT2D eigenvalue weighted by molar-refractivity contribution is 5.25. The number of rotatable bonds is 6. The second-order valence-electron chi connectivity index (χ2n) is 9.81. The second-order valence-corrected chi connectivity index (χ2v) is 9.81. The Bertz CT molecular complexity index is 550. The Labute approximate surface area is 155 Å². The van der Waals surface area contributed by atoms with Crippen LogP contribution in [-0.4, -0.2) is 0 Å². The Morgan fingerprint density at radius 1 is 1.28 bits per heavy atom. The standard InChI is InChI=1S/C25H38/c1-5-7-9-16(3)25-17(4)24-15-21(25)14-20(24)13-19-12-18(6-2)22-10-8-11-23(19)22/h6,8,11,13,16-19,21-25H,2,5,7,9-10,12,14-15H2,1,3-4H3/b20-13+. The van der Waals surface area contributed by atoms with Gasteiger partial charge in [-0.2, -0.15) is 0 Å². The topological polar surface area (TPSA) is 0 Å². The third kappa shape index (κ3) is 2.98. The molecule has 3 fully saturated rings. The minimum Gasteiger partial charge on any atom is -0.103 e. The fourth-order valence-electron chi connectivity index (χ4n) is 7.44. The maximum absolute atomic E-state index is 4.12. The van der Waals surface area contributed by atoms with E-state index in [0.717, 1.165) is 53.3 Å². The van der Waals surface area contributed by atoms with E-state index in [1.165, 1.54) is 44.9 Å². The van der Waals surface area contributed by atoms with E-state index < -0.39 is 0 Å². The van der Waals surface area contributed by atoms with Crippen molar-refractivity contribution in [1.82, 2.24) is 0 Å². The van der Waals surface area contributed by atoms with E-state index in [0.29, 0.717) is 0 Å². The monoisotopic (exact) mass is 338 g/mol. The van der Waals surface area contributed by atoms with Crippen LogP contribution in [0.4, 0.5) is 0 Å². The molecule has 25 heavy (non-hydrogen) atoms. The van der Waals surface area contributed by atoms with Crippen LogP contribution in [0.15, 0.2) is 36.5 Å². The summed E-state index contributed by atoms with van der Waals surface area (Å²) in [7, 11) is 0. The van der Waals surface area contributed by atoms with E-state index in [2.05, 4.69) is 51.7 Å². The molecule has 0 spiro atoms. The van der Waals surface area contributed by atoms with Crippen LogP contribution in [0.1, 0.15) is 65.7 Å². The van der Waals surface area contributed by atoms with Crippen molar-refractivity contribution in [2.75, 3.05) is 0 Å². The van der Waals surface area contributed by atoms with Gasteiger partial charge in [0.15, 0.2) is 0 Å². The quantitative estimate of drug-likeness (QED) is 0.455. The van der Waals surface area contributed by atoms with Gasteiger partial charge in [-0.05, 0) is 78.9 Å². The minimum absolute atomic E-state index is 0.750. The molecule has 2 bridgehead atoms. The van der Waals surface area contributed by atoms with Gasteiger partial charge < -0.3 is 0 Å². The van der Waals surface area contributed by atoms with Gasteiger partial charge in [0.25, 0.3) is 0 Å². The summed E-state index contributed by atoms with van der Waals surface area (Å²) in [5.74, 6) is 7.96. The summed E-state index contributed by atoms with van der Waals surface area (Å²) in [5, 5.41) is 0. The largest absolute Gasteiger partial charge is 0.103 e. The first-order chi connectivity index (χ1) is 12.1. The zero-order valence-corrected chi connectivity index (χ0v) is 16.7. The highest BCUT2D eigenvalue weighted by Crippen LogP contribution is 2.59. The maximum Gasteiger partial charge on any atom is -0.0133 e. The van der Waals surface area contributed by atoms with Crippen molar-refractivity contribution in [1.29, 1.82) is 0 Å². The van der Waals surface area contributed by atoms with Gasteiger partial charge in [0, 0.05) is 0 Å². The summed E-state index contributed by atoms with van der Waals surface area (Å²) < 4.78 is 0. The molecular formula is C25H38. The molecule has 9 atom stereocenters. The highest BCUT2D eigenvalue weighted by atomic mass is 14.5. The van der Waals surface area contributed by atoms with E-state index in [1.807, 2.05) is 5.57 Å². The average Bonchev–Trinajstić information content (AvgIpc) is 3.34. The van der Waals surface area contributed by atoms with Crippen molar-refractivity contribution in [2.24, 2.45) is 53.3 Å². The van der Waals surface area contributed by atoms with Crippen LogP contribution in [0.5, 0.6) is 0 Å². The Balaban J connectivity index is 1.45. The summed E-state index contributed by atoms with van der Waals surface area (Å²) in [6.07, 6.45) is 19.8. The second kappa shape index (κ2) is 7.09. The summed E-state index contributed by atoms with van der Waals surface area (Å²) in [4.78, 5) is 0. The summed E-state index contributed by atoms with van der Waals surface area (Å²) >= 11 is 0. The molecule has 0 amide bonds. The summed E-state index contributed by atoms with van der Waals surface area (Å²) in [6, 6.07) is 0. The number of allylic oxidation sites excluding steroid dienone is 5. The van der Waals surface area contributed by atoms with Crippen molar-refractivity contribution in [3.63, 3.8) is 0 Å². The van der Waals surface area contributed by atoms with E-state index in [1.54, 1.807) is 0 Å². The molecule has 0 saturated heterocycles. The molecule has 0 aromatic carbocycles. The predicted octanol–water partition coefficient (Wildman–Crippen LogP) is 7.05. The van der Waals surface area contributed by atoms with Crippen LogP contribution in [0.3, 0.4) is 0 Å². The lowest BCUT2D eigenvalue weighted by Crippen LogP contribution is -2.27. The van der Waals surface area contributed by atoms with Gasteiger partial charge in [0.2, 0.25) is 0 Å². The number of hydrogen-bond acceptors (Lipinski definition) is 0. The lowest BCUT2D eigenvalue weighted by molar-refractivity contribution is 0.185. The van der Waals surface area contributed by atoms with Crippen LogP contribution in [0.25, 0.3) is 0 Å². The van der Waals surface area contributed by atoms with Crippen molar-refractivity contribution >= 4 is 0 Å². The van der Waals surface area contributed by atoms with Crippen LogP contribution in [0, 0.1) is 53.3 Å². The smallest absolute Gasteiger partial charge is 0.0133 e. The van der Waals surface area contributed by atoms with Crippen molar-refractivity contribution < 1.29 is 0 Å². The van der Waals surface area contributed by atoms with E-state index in [4.69, 9.17) is 0 Å². The zero-order valence-electron chi connectivity index (χ0n) is 16.7. The molecule has 4 aliphatic carbocycles. The SMILES string of the molecule is C=CC1CC(/C=C2\CC3CC2C(C)C3C(C)CCCC)C2C=CCC12. The van der Waals surface area contributed by atoms with E-state index >= 15 is 0 Å². The maximum atomic E-state index is 4.12. The first-order valence-corrected chi connectivity index (χ1v) is 11.1.